The summed E-state index contributed by atoms with van der Waals surface area (Å²) in [7, 11) is 0. The van der Waals surface area contributed by atoms with Crippen molar-refractivity contribution in [2.75, 3.05) is 39.3 Å². The van der Waals surface area contributed by atoms with Gasteiger partial charge in [0.1, 0.15) is 0 Å². The van der Waals surface area contributed by atoms with E-state index < -0.39 is 0 Å². The van der Waals surface area contributed by atoms with Gasteiger partial charge in [-0.15, -0.1) is 23.7 Å². The maximum absolute atomic E-state index is 12.1. The number of thiophene rings is 1. The Labute approximate surface area is 148 Å². The van der Waals surface area contributed by atoms with Gasteiger partial charge in [-0.25, -0.2) is 0 Å². The summed E-state index contributed by atoms with van der Waals surface area (Å²) in [5.41, 5.74) is 0.774. The van der Waals surface area contributed by atoms with E-state index >= 15 is 0 Å². The van der Waals surface area contributed by atoms with E-state index in [1.165, 1.54) is 0 Å². The van der Waals surface area contributed by atoms with Crippen LogP contribution in [0.3, 0.4) is 0 Å². The Bertz CT molecular complexity index is 527. The summed E-state index contributed by atoms with van der Waals surface area (Å²) in [6.45, 7) is 9.59. The van der Waals surface area contributed by atoms with E-state index in [1.807, 2.05) is 19.9 Å². The van der Waals surface area contributed by atoms with Gasteiger partial charge in [0.05, 0.1) is 0 Å². The third-order valence-corrected chi connectivity index (χ3v) is 4.85. The van der Waals surface area contributed by atoms with Crippen molar-refractivity contribution < 1.29 is 9.59 Å². The smallest absolute Gasteiger partial charge is 0.220 e. The Kier molecular flexibility index (Phi) is 8.76. The molecule has 2 heterocycles. The summed E-state index contributed by atoms with van der Waals surface area (Å²) in [6, 6.07) is 1.92. The molecule has 23 heavy (non-hydrogen) atoms. The third-order valence-electron chi connectivity index (χ3n) is 3.88. The fourth-order valence-corrected chi connectivity index (χ4v) is 3.59. The van der Waals surface area contributed by atoms with Crippen LogP contribution in [0.15, 0.2) is 6.07 Å². The summed E-state index contributed by atoms with van der Waals surface area (Å²) in [6.07, 6.45) is 0.561. The van der Waals surface area contributed by atoms with Crippen LogP contribution in [0, 0.1) is 13.8 Å². The standard InChI is InChI=1S/C16H25N3O2S.ClH/c1-12-11-14(13(2)22-12)15(20)3-4-16(21)18-7-10-19-8-5-17-6-9-19;/h11,17H,3-10H2,1-2H3,(H,18,21);1H. The minimum absolute atomic E-state index is 0. The van der Waals surface area contributed by atoms with Crippen LogP contribution in [0.25, 0.3) is 0 Å². The number of Topliss-reactive ketones (excluding diaryl/α,β-unsaturated/α-hetero) is 1. The molecule has 1 saturated heterocycles. The maximum atomic E-state index is 12.1. The Morgan fingerprint density at radius 2 is 1.96 bits per heavy atom. The number of piperazine rings is 1. The first-order valence-electron chi connectivity index (χ1n) is 7.86. The molecule has 7 heteroatoms. The number of hydrogen-bond acceptors (Lipinski definition) is 5. The van der Waals surface area contributed by atoms with Crippen molar-refractivity contribution in [1.82, 2.24) is 15.5 Å². The second-order valence-electron chi connectivity index (χ2n) is 5.69. The Morgan fingerprint density at radius 3 is 2.57 bits per heavy atom. The number of nitrogens with one attached hydrogen (secondary N) is 2. The molecule has 0 atom stereocenters. The number of halogens is 1. The molecule has 1 aromatic rings. The lowest BCUT2D eigenvalue weighted by molar-refractivity contribution is -0.121. The van der Waals surface area contributed by atoms with E-state index in [-0.39, 0.29) is 36.9 Å². The molecule has 1 aromatic heterocycles. The van der Waals surface area contributed by atoms with Crippen molar-refractivity contribution in [3.8, 4) is 0 Å². The van der Waals surface area contributed by atoms with Crippen LogP contribution >= 0.6 is 23.7 Å². The Balaban J connectivity index is 0.00000264. The SMILES string of the molecule is Cc1cc(C(=O)CCC(=O)NCCN2CCNCC2)c(C)s1.Cl. The van der Waals surface area contributed by atoms with E-state index in [9.17, 15) is 9.59 Å². The fourth-order valence-electron chi connectivity index (χ4n) is 2.65. The number of nitrogens with zero attached hydrogens (tertiary/aromatic N) is 1. The van der Waals surface area contributed by atoms with Gasteiger partial charge in [0.25, 0.3) is 0 Å². The first-order valence-corrected chi connectivity index (χ1v) is 8.68. The average Bonchev–Trinajstić information content (AvgIpc) is 2.84. The lowest BCUT2D eigenvalue weighted by Crippen LogP contribution is -2.46. The highest BCUT2D eigenvalue weighted by Crippen LogP contribution is 2.22. The van der Waals surface area contributed by atoms with E-state index in [2.05, 4.69) is 15.5 Å². The molecule has 0 spiro atoms. The van der Waals surface area contributed by atoms with Gasteiger partial charge in [0.15, 0.2) is 5.78 Å². The second-order valence-corrected chi connectivity index (χ2v) is 7.15. The largest absolute Gasteiger partial charge is 0.355 e. The van der Waals surface area contributed by atoms with Crippen molar-refractivity contribution in [2.45, 2.75) is 26.7 Å². The van der Waals surface area contributed by atoms with Crippen molar-refractivity contribution in [3.63, 3.8) is 0 Å². The number of aryl methyl sites for hydroxylation is 2. The van der Waals surface area contributed by atoms with Gasteiger partial charge in [-0.2, -0.15) is 0 Å². The lowest BCUT2D eigenvalue weighted by atomic mass is 10.1. The van der Waals surface area contributed by atoms with Crippen molar-refractivity contribution in [3.05, 3.63) is 21.4 Å². The molecule has 0 radical (unpaired) electrons. The molecule has 0 bridgehead atoms. The molecular formula is C16H26ClN3O2S. The van der Waals surface area contributed by atoms with Crippen molar-refractivity contribution in [2.24, 2.45) is 0 Å². The molecule has 0 aliphatic carbocycles. The zero-order valence-corrected chi connectivity index (χ0v) is 15.4. The molecule has 5 nitrogen and oxygen atoms in total. The maximum Gasteiger partial charge on any atom is 0.220 e. The second kappa shape index (κ2) is 10.0. The summed E-state index contributed by atoms with van der Waals surface area (Å²) >= 11 is 1.63. The predicted molar refractivity (Wildman–Crippen MR) is 96.9 cm³/mol. The van der Waals surface area contributed by atoms with Crippen LogP contribution in [0.4, 0.5) is 0 Å². The fraction of sp³-hybridized carbons (Fsp3) is 0.625. The molecule has 1 fully saturated rings. The number of carbonyl (C=O) groups is 2. The summed E-state index contributed by atoms with van der Waals surface area (Å²) in [4.78, 5) is 28.5. The highest BCUT2D eigenvalue weighted by atomic mass is 35.5. The topological polar surface area (TPSA) is 61.4 Å². The number of amides is 1. The Hall–Kier alpha value is -0.950. The molecular weight excluding hydrogens is 334 g/mol. The monoisotopic (exact) mass is 359 g/mol. The van der Waals surface area contributed by atoms with Gasteiger partial charge in [0, 0.05) is 67.4 Å². The van der Waals surface area contributed by atoms with Crippen LogP contribution < -0.4 is 10.6 Å². The van der Waals surface area contributed by atoms with E-state index in [4.69, 9.17) is 0 Å². The third kappa shape index (κ3) is 6.59. The van der Waals surface area contributed by atoms with Crippen LogP contribution in [0.1, 0.15) is 33.0 Å². The normalized spacial score (nSPS) is 15.0. The molecule has 130 valence electrons. The highest BCUT2D eigenvalue weighted by molar-refractivity contribution is 7.12. The summed E-state index contributed by atoms with van der Waals surface area (Å²) < 4.78 is 0. The van der Waals surface area contributed by atoms with Gasteiger partial charge in [-0.05, 0) is 19.9 Å². The van der Waals surface area contributed by atoms with Crippen LogP contribution in [0.2, 0.25) is 0 Å². The number of ketones is 1. The summed E-state index contributed by atoms with van der Waals surface area (Å²) in [5.74, 6) is 0.0344. The molecule has 0 saturated carbocycles. The van der Waals surface area contributed by atoms with Crippen LogP contribution in [-0.4, -0.2) is 55.9 Å². The van der Waals surface area contributed by atoms with Gasteiger partial charge in [-0.3, -0.25) is 14.5 Å². The molecule has 2 rings (SSSR count). The first-order chi connectivity index (χ1) is 10.6. The first kappa shape index (κ1) is 20.1. The van der Waals surface area contributed by atoms with Gasteiger partial charge >= 0.3 is 0 Å². The highest BCUT2D eigenvalue weighted by Gasteiger charge is 2.14. The quantitative estimate of drug-likeness (QED) is 0.728. The number of carbonyl (C=O) groups excluding carboxylic acids is 2. The van der Waals surface area contributed by atoms with Gasteiger partial charge in [0.2, 0.25) is 5.91 Å². The summed E-state index contributed by atoms with van der Waals surface area (Å²) in [5, 5.41) is 6.21. The minimum atomic E-state index is -0.0342. The average molecular weight is 360 g/mol. The zero-order chi connectivity index (χ0) is 15.9. The van der Waals surface area contributed by atoms with Gasteiger partial charge in [-0.1, -0.05) is 0 Å². The lowest BCUT2D eigenvalue weighted by Gasteiger charge is -2.27. The molecule has 0 unspecified atom stereocenters. The van der Waals surface area contributed by atoms with Crippen LogP contribution in [-0.2, 0) is 4.79 Å². The van der Waals surface area contributed by atoms with E-state index in [0.29, 0.717) is 6.54 Å². The Morgan fingerprint density at radius 1 is 1.26 bits per heavy atom. The van der Waals surface area contributed by atoms with Crippen molar-refractivity contribution in [1.29, 1.82) is 0 Å². The predicted octanol–water partition coefficient (Wildman–Crippen LogP) is 1.77. The molecule has 1 aliphatic heterocycles. The minimum Gasteiger partial charge on any atom is -0.355 e. The van der Waals surface area contributed by atoms with E-state index in [1.54, 1.807) is 11.3 Å². The molecule has 0 aromatic carbocycles. The molecule has 1 aliphatic rings. The van der Waals surface area contributed by atoms with Crippen LogP contribution in [0.5, 0.6) is 0 Å². The van der Waals surface area contributed by atoms with Gasteiger partial charge < -0.3 is 10.6 Å². The molecule has 1 amide bonds. The number of rotatable bonds is 7. The zero-order valence-electron chi connectivity index (χ0n) is 13.8. The molecule has 2 N–H and O–H groups in total. The van der Waals surface area contributed by atoms with E-state index in [0.717, 1.165) is 48.0 Å². The van der Waals surface area contributed by atoms with Crippen molar-refractivity contribution >= 4 is 35.4 Å². The number of hydrogen-bond donors (Lipinski definition) is 2.